The lowest BCUT2D eigenvalue weighted by molar-refractivity contribution is 0.588. The Hall–Kier alpha value is -1.57. The molecule has 0 aliphatic rings. The Bertz CT molecular complexity index is 652. The second-order valence-corrected chi connectivity index (χ2v) is 6.81. The van der Waals surface area contributed by atoms with Crippen LogP contribution in [-0.4, -0.2) is 15.5 Å². The fourth-order valence-electron chi connectivity index (χ4n) is 1.58. The molecule has 0 radical (unpaired) electrons. The van der Waals surface area contributed by atoms with Crippen molar-refractivity contribution >= 4 is 32.7 Å². The van der Waals surface area contributed by atoms with Crippen LogP contribution in [-0.2, 0) is 16.6 Å². The summed E-state index contributed by atoms with van der Waals surface area (Å²) < 4.78 is 25.5. The number of anilines is 2. The zero-order chi connectivity index (χ0) is 13.9. The fourth-order valence-corrected chi connectivity index (χ4v) is 2.99. The molecule has 0 atom stereocenters. The first kappa shape index (κ1) is 13.9. The van der Waals surface area contributed by atoms with Gasteiger partial charge in [-0.2, -0.15) is 0 Å². The molecule has 5 nitrogen and oxygen atoms in total. The van der Waals surface area contributed by atoms with Gasteiger partial charge in [0.15, 0.2) is 0 Å². The summed E-state index contributed by atoms with van der Waals surface area (Å²) in [6.45, 7) is 0.667. The smallest absolute Gasteiger partial charge is 0.240 e. The van der Waals surface area contributed by atoms with Crippen LogP contribution in [0.25, 0.3) is 0 Å². The molecule has 0 amide bonds. The minimum absolute atomic E-state index is 0.161. The fraction of sp³-hybridized carbons (Fsp3) is 0.167. The topological polar surface area (TPSA) is 84.2 Å². The van der Waals surface area contributed by atoms with E-state index in [9.17, 15) is 8.42 Å². The van der Waals surface area contributed by atoms with Crippen molar-refractivity contribution in [2.45, 2.75) is 11.4 Å². The van der Waals surface area contributed by atoms with Gasteiger partial charge in [0.05, 0.1) is 16.3 Å². The average molecular weight is 297 g/mol. The van der Waals surface area contributed by atoms with Gasteiger partial charge in [0.1, 0.15) is 0 Å². The molecule has 1 aromatic heterocycles. The summed E-state index contributed by atoms with van der Waals surface area (Å²) in [5.41, 5.74) is 7.00. The second kappa shape index (κ2) is 5.60. The highest BCUT2D eigenvalue weighted by Gasteiger charge is 2.12. The van der Waals surface area contributed by atoms with E-state index >= 15 is 0 Å². The molecule has 1 heterocycles. The first-order chi connectivity index (χ1) is 9.03. The quantitative estimate of drug-likeness (QED) is 0.735. The van der Waals surface area contributed by atoms with Crippen molar-refractivity contribution in [1.29, 1.82) is 0 Å². The van der Waals surface area contributed by atoms with E-state index < -0.39 is 10.0 Å². The Labute approximate surface area is 116 Å². The number of hydrogen-bond acceptors (Lipinski definition) is 5. The molecule has 2 rings (SSSR count). The minimum atomic E-state index is -3.45. The highest BCUT2D eigenvalue weighted by Crippen LogP contribution is 2.23. The molecule has 0 unspecified atom stereocenters. The molecular weight excluding hydrogens is 282 g/mol. The highest BCUT2D eigenvalue weighted by atomic mass is 32.2. The summed E-state index contributed by atoms with van der Waals surface area (Å²) in [7, 11) is -2.08. The van der Waals surface area contributed by atoms with Crippen molar-refractivity contribution in [2.24, 2.45) is 0 Å². The van der Waals surface area contributed by atoms with Crippen molar-refractivity contribution in [1.82, 2.24) is 4.72 Å². The van der Waals surface area contributed by atoms with Crippen molar-refractivity contribution < 1.29 is 8.42 Å². The molecule has 1 aromatic carbocycles. The third-order valence-corrected chi connectivity index (χ3v) is 4.92. The second-order valence-electron chi connectivity index (χ2n) is 3.89. The number of hydrogen-bond donors (Lipinski definition) is 3. The number of thiophene rings is 1. The third-order valence-electron chi connectivity index (χ3n) is 2.64. The first-order valence-electron chi connectivity index (χ1n) is 5.62. The van der Waals surface area contributed by atoms with E-state index in [0.29, 0.717) is 12.2 Å². The van der Waals surface area contributed by atoms with Crippen molar-refractivity contribution in [2.75, 3.05) is 18.1 Å². The Morgan fingerprint density at radius 2 is 2.11 bits per heavy atom. The summed E-state index contributed by atoms with van der Waals surface area (Å²) in [6.07, 6.45) is 0. The van der Waals surface area contributed by atoms with Gasteiger partial charge in [0.25, 0.3) is 0 Å². The number of nitrogens with one attached hydrogen (secondary N) is 2. The Balaban J connectivity index is 2.16. The average Bonchev–Trinajstić information content (AvgIpc) is 2.90. The molecule has 19 heavy (non-hydrogen) atoms. The van der Waals surface area contributed by atoms with Crippen LogP contribution >= 0.6 is 11.3 Å². The van der Waals surface area contributed by atoms with Gasteiger partial charge in [-0.05, 0) is 36.7 Å². The maximum absolute atomic E-state index is 11.6. The summed E-state index contributed by atoms with van der Waals surface area (Å²) in [6, 6.07) is 8.65. The monoisotopic (exact) mass is 297 g/mol. The zero-order valence-electron chi connectivity index (χ0n) is 10.4. The van der Waals surface area contributed by atoms with Gasteiger partial charge in [0, 0.05) is 11.4 Å². The van der Waals surface area contributed by atoms with Gasteiger partial charge < -0.3 is 11.1 Å². The molecule has 0 saturated heterocycles. The van der Waals surface area contributed by atoms with Crippen molar-refractivity contribution in [3.8, 4) is 0 Å². The number of benzene rings is 1. The van der Waals surface area contributed by atoms with Crippen LogP contribution in [0.3, 0.4) is 0 Å². The van der Waals surface area contributed by atoms with Gasteiger partial charge in [-0.25, -0.2) is 13.1 Å². The first-order valence-corrected chi connectivity index (χ1v) is 7.98. The maximum atomic E-state index is 11.6. The van der Waals surface area contributed by atoms with Crippen molar-refractivity contribution in [3.63, 3.8) is 0 Å². The van der Waals surface area contributed by atoms with Crippen LogP contribution in [0, 0.1) is 0 Å². The van der Waals surface area contributed by atoms with E-state index in [4.69, 9.17) is 5.73 Å². The lowest BCUT2D eigenvalue weighted by Gasteiger charge is -2.10. The molecule has 0 saturated carbocycles. The zero-order valence-corrected chi connectivity index (χ0v) is 12.0. The van der Waals surface area contributed by atoms with Gasteiger partial charge in [-0.3, -0.25) is 0 Å². The Morgan fingerprint density at radius 1 is 1.32 bits per heavy atom. The van der Waals surface area contributed by atoms with E-state index in [1.165, 1.54) is 24.1 Å². The maximum Gasteiger partial charge on any atom is 0.240 e. The van der Waals surface area contributed by atoms with Gasteiger partial charge >= 0.3 is 0 Å². The number of nitrogens with two attached hydrogens (primary N) is 1. The summed E-state index contributed by atoms with van der Waals surface area (Å²) in [4.78, 5) is 1.35. The van der Waals surface area contributed by atoms with Crippen LogP contribution in [0.15, 0.2) is 40.6 Å². The van der Waals surface area contributed by atoms with Crippen LogP contribution in [0.4, 0.5) is 11.4 Å². The van der Waals surface area contributed by atoms with E-state index in [2.05, 4.69) is 10.0 Å². The molecule has 7 heteroatoms. The van der Waals surface area contributed by atoms with E-state index in [0.717, 1.165) is 5.69 Å². The largest absolute Gasteiger partial charge is 0.397 e. The molecule has 0 fully saturated rings. The van der Waals surface area contributed by atoms with Crippen LogP contribution < -0.4 is 15.8 Å². The SMILES string of the molecule is CNS(=O)(=O)c1ccc(NCc2cccs2)c(N)c1. The van der Waals surface area contributed by atoms with E-state index in [1.54, 1.807) is 17.4 Å². The Morgan fingerprint density at radius 3 is 2.68 bits per heavy atom. The van der Waals surface area contributed by atoms with Gasteiger partial charge in [0.2, 0.25) is 10.0 Å². The molecule has 0 aliphatic carbocycles. The molecule has 0 spiro atoms. The molecular formula is C12H15N3O2S2. The van der Waals surface area contributed by atoms with E-state index in [-0.39, 0.29) is 4.90 Å². The normalized spacial score (nSPS) is 11.4. The predicted molar refractivity (Wildman–Crippen MR) is 78.7 cm³/mol. The minimum Gasteiger partial charge on any atom is -0.397 e. The Kier molecular flexibility index (Phi) is 4.08. The highest BCUT2D eigenvalue weighted by molar-refractivity contribution is 7.89. The summed E-state index contributed by atoms with van der Waals surface area (Å²) in [5.74, 6) is 0. The van der Waals surface area contributed by atoms with Crippen molar-refractivity contribution in [3.05, 3.63) is 40.6 Å². The molecule has 102 valence electrons. The predicted octanol–water partition coefficient (Wildman–Crippen LogP) is 1.85. The number of sulfonamides is 1. The van der Waals surface area contributed by atoms with Gasteiger partial charge in [-0.1, -0.05) is 6.07 Å². The lowest BCUT2D eigenvalue weighted by atomic mass is 10.2. The summed E-state index contributed by atoms with van der Waals surface area (Å²) in [5, 5.41) is 5.19. The molecule has 0 aliphatic heterocycles. The standard InChI is InChI=1S/C12H15N3O2S2/c1-14-19(16,17)10-4-5-12(11(13)7-10)15-8-9-3-2-6-18-9/h2-7,14-15H,8,13H2,1H3. The molecule has 0 bridgehead atoms. The van der Waals surface area contributed by atoms with E-state index in [1.807, 2.05) is 17.5 Å². The molecule has 4 N–H and O–H groups in total. The summed E-state index contributed by atoms with van der Waals surface area (Å²) >= 11 is 1.65. The molecule has 2 aromatic rings. The third kappa shape index (κ3) is 3.25. The number of rotatable bonds is 5. The van der Waals surface area contributed by atoms with Crippen LogP contribution in [0.2, 0.25) is 0 Å². The van der Waals surface area contributed by atoms with Gasteiger partial charge in [-0.15, -0.1) is 11.3 Å². The number of nitrogen functional groups attached to an aromatic ring is 1. The lowest BCUT2D eigenvalue weighted by Crippen LogP contribution is -2.18. The van der Waals surface area contributed by atoms with Crippen LogP contribution in [0.5, 0.6) is 0 Å². The van der Waals surface area contributed by atoms with Crippen LogP contribution in [0.1, 0.15) is 4.88 Å².